The number of esters is 1. The van der Waals surface area contributed by atoms with Gasteiger partial charge in [0.25, 0.3) is 0 Å². The van der Waals surface area contributed by atoms with E-state index in [0.29, 0.717) is 23.9 Å². The Labute approximate surface area is 259 Å². The van der Waals surface area contributed by atoms with Gasteiger partial charge in [0.2, 0.25) is 0 Å². The smallest absolute Gasteiger partial charge is 0.344 e. The Morgan fingerprint density at radius 1 is 0.975 bits per heavy atom. The molecule has 11 heteroatoms. The second kappa shape index (κ2) is 13.8. The molecule has 1 amide bonds. The second-order valence-electron chi connectivity index (χ2n) is 8.61. The van der Waals surface area contributed by atoms with Crippen molar-refractivity contribution in [3.05, 3.63) is 96.3 Å². The zero-order valence-corrected chi connectivity index (χ0v) is 26.4. The molecule has 0 radical (unpaired) electrons. The zero-order valence-electron chi connectivity index (χ0n) is 22.1. The summed E-state index contributed by atoms with van der Waals surface area (Å²) in [6.45, 7) is 6.19. The molecule has 9 nitrogen and oxygen atoms in total. The minimum Gasteiger partial charge on any atom is -0.486 e. The van der Waals surface area contributed by atoms with Crippen LogP contribution in [0.2, 0.25) is 0 Å². The van der Waals surface area contributed by atoms with Crippen molar-refractivity contribution in [2.24, 2.45) is 5.10 Å². The normalized spacial score (nSPS) is 11.0. The number of nitrogens with zero attached hydrogens (tertiary/aromatic N) is 2. The molecule has 0 atom stereocenters. The Balaban J connectivity index is 1.29. The van der Waals surface area contributed by atoms with Crippen LogP contribution in [0.3, 0.4) is 0 Å². The van der Waals surface area contributed by atoms with Crippen molar-refractivity contribution < 1.29 is 28.2 Å². The molecule has 0 spiro atoms. The van der Waals surface area contributed by atoms with E-state index in [9.17, 15) is 9.59 Å². The molecule has 4 aromatic rings. The van der Waals surface area contributed by atoms with E-state index >= 15 is 0 Å². The summed E-state index contributed by atoms with van der Waals surface area (Å²) >= 11 is 4.23. The van der Waals surface area contributed by atoms with Crippen LogP contribution in [0.25, 0.3) is 5.69 Å². The highest BCUT2D eigenvalue weighted by Crippen LogP contribution is 2.28. The van der Waals surface area contributed by atoms with E-state index in [1.807, 2.05) is 36.4 Å². The third-order valence-corrected chi connectivity index (χ3v) is 7.28. The Kier molecular flexibility index (Phi) is 10.3. The van der Waals surface area contributed by atoms with Gasteiger partial charge in [-0.25, -0.2) is 10.2 Å². The van der Waals surface area contributed by atoms with Crippen LogP contribution < -0.4 is 14.9 Å². The Morgan fingerprint density at radius 2 is 1.65 bits per heavy atom. The van der Waals surface area contributed by atoms with Crippen LogP contribution in [-0.4, -0.2) is 35.9 Å². The predicted octanol–water partition coefficient (Wildman–Crippen LogP) is 6.18. The van der Waals surface area contributed by atoms with Crippen LogP contribution in [0.5, 0.6) is 11.5 Å². The van der Waals surface area contributed by atoms with Gasteiger partial charge < -0.3 is 23.2 Å². The maximum absolute atomic E-state index is 12.5. The number of hydrogen-bond donors (Lipinski definition) is 1. The molecule has 2 aromatic heterocycles. The average Bonchev–Trinajstić information content (AvgIpc) is 3.53. The van der Waals surface area contributed by atoms with Gasteiger partial charge in [-0.1, -0.05) is 0 Å². The maximum atomic E-state index is 12.5. The number of hydrazone groups is 1. The summed E-state index contributed by atoms with van der Waals surface area (Å²) < 4.78 is 25.7. The van der Waals surface area contributed by atoms with E-state index in [-0.39, 0.29) is 19.0 Å². The molecule has 0 unspecified atom stereocenters. The minimum absolute atomic E-state index is 0.122. The number of nitrogens with one attached hydrogen (secondary N) is 1. The molecule has 40 heavy (non-hydrogen) atoms. The lowest BCUT2D eigenvalue weighted by molar-refractivity contribution is -0.145. The number of carbonyl (C=O) groups is 2. The summed E-state index contributed by atoms with van der Waals surface area (Å²) in [5, 5.41) is 4.03. The quantitative estimate of drug-likeness (QED) is 0.0847. The second-order valence-corrected chi connectivity index (χ2v) is 10.9. The van der Waals surface area contributed by atoms with Crippen molar-refractivity contribution in [1.29, 1.82) is 0 Å². The summed E-state index contributed by atoms with van der Waals surface area (Å²) in [5.41, 5.74) is 6.61. The highest BCUT2D eigenvalue weighted by molar-refractivity contribution is 14.1. The lowest BCUT2D eigenvalue weighted by Gasteiger charge is -2.10. The third kappa shape index (κ3) is 7.65. The zero-order chi connectivity index (χ0) is 28.6. The van der Waals surface area contributed by atoms with Gasteiger partial charge >= 0.3 is 11.9 Å². The number of halogens is 2. The fourth-order valence-electron chi connectivity index (χ4n) is 3.85. The van der Waals surface area contributed by atoms with Gasteiger partial charge in [0, 0.05) is 17.1 Å². The number of hydrogen-bond acceptors (Lipinski definition) is 7. The highest BCUT2D eigenvalue weighted by atomic mass is 127. The number of amides is 1. The summed E-state index contributed by atoms with van der Waals surface area (Å²) in [7, 11) is 0. The van der Waals surface area contributed by atoms with Crippen molar-refractivity contribution in [1.82, 2.24) is 9.99 Å². The van der Waals surface area contributed by atoms with Crippen molar-refractivity contribution in [3.8, 4) is 17.2 Å². The fraction of sp³-hybridized carbons (Fsp3) is 0.207. The highest BCUT2D eigenvalue weighted by Gasteiger charge is 2.13. The Morgan fingerprint density at radius 3 is 2.30 bits per heavy atom. The first kappa shape index (κ1) is 29.6. The summed E-state index contributed by atoms with van der Waals surface area (Å²) in [5.74, 6) is 1.00. The molecule has 2 heterocycles. The molecular formula is C29H27I2N3O6. The number of carbonyl (C=O) groups excluding carboxylic acids is 2. The third-order valence-electron chi connectivity index (χ3n) is 5.67. The molecule has 0 saturated carbocycles. The summed E-state index contributed by atoms with van der Waals surface area (Å²) in [4.78, 5) is 24.1. The summed E-state index contributed by atoms with van der Waals surface area (Å²) in [6, 6.07) is 18.9. The van der Waals surface area contributed by atoms with E-state index in [1.165, 1.54) is 6.21 Å². The van der Waals surface area contributed by atoms with E-state index in [1.54, 1.807) is 19.1 Å². The largest absolute Gasteiger partial charge is 0.486 e. The summed E-state index contributed by atoms with van der Waals surface area (Å²) in [6.07, 6.45) is 1.52. The van der Waals surface area contributed by atoms with Gasteiger partial charge in [-0.2, -0.15) is 5.10 Å². The molecule has 0 aliphatic rings. The van der Waals surface area contributed by atoms with Gasteiger partial charge in [0.1, 0.15) is 23.9 Å². The van der Waals surface area contributed by atoms with Crippen LogP contribution in [-0.2, 0) is 16.1 Å². The molecule has 208 valence electrons. The van der Waals surface area contributed by atoms with Crippen LogP contribution in [0, 0.1) is 21.0 Å². The lowest BCUT2D eigenvalue weighted by atomic mass is 10.2. The maximum Gasteiger partial charge on any atom is 0.344 e. The van der Waals surface area contributed by atoms with Crippen molar-refractivity contribution in [2.45, 2.75) is 27.4 Å². The number of furan rings is 1. The van der Waals surface area contributed by atoms with Crippen LogP contribution in [0.1, 0.15) is 40.2 Å². The SMILES string of the molecule is CCOC(=O)COc1c(I)cc(/C=N/NC(=O)c2ccc(COc3ccc(-n4c(C)ccc4C)cc3)o2)cc1I. The van der Waals surface area contributed by atoms with E-state index in [0.717, 1.165) is 29.8 Å². The number of ether oxygens (including phenoxy) is 3. The molecule has 2 aromatic carbocycles. The van der Waals surface area contributed by atoms with Gasteiger partial charge in [-0.05, 0) is 132 Å². The fourth-order valence-corrected chi connectivity index (χ4v) is 5.97. The molecule has 0 saturated heterocycles. The van der Waals surface area contributed by atoms with Crippen molar-refractivity contribution in [3.63, 3.8) is 0 Å². The predicted molar refractivity (Wildman–Crippen MR) is 167 cm³/mol. The van der Waals surface area contributed by atoms with Crippen molar-refractivity contribution in [2.75, 3.05) is 13.2 Å². The molecule has 0 aliphatic heterocycles. The van der Waals surface area contributed by atoms with Crippen LogP contribution in [0.15, 0.2) is 70.2 Å². The van der Waals surface area contributed by atoms with Crippen molar-refractivity contribution >= 4 is 63.3 Å². The topological polar surface area (TPSA) is 104 Å². The number of benzene rings is 2. The van der Waals surface area contributed by atoms with Crippen LogP contribution >= 0.6 is 45.2 Å². The number of rotatable bonds is 11. The molecular weight excluding hydrogens is 740 g/mol. The van der Waals surface area contributed by atoms with E-state index in [4.69, 9.17) is 18.6 Å². The first-order valence-corrected chi connectivity index (χ1v) is 14.5. The molecule has 0 aliphatic carbocycles. The molecule has 0 bridgehead atoms. The molecule has 0 fully saturated rings. The minimum atomic E-state index is -0.483. The Hall–Kier alpha value is -3.33. The van der Waals surface area contributed by atoms with Crippen LogP contribution in [0.4, 0.5) is 0 Å². The number of aromatic nitrogens is 1. The molecule has 4 rings (SSSR count). The Bertz CT molecular complexity index is 1480. The monoisotopic (exact) mass is 767 g/mol. The molecule has 1 N–H and O–H groups in total. The van der Waals surface area contributed by atoms with E-state index in [2.05, 4.69) is 86.3 Å². The van der Waals surface area contributed by atoms with Gasteiger partial charge in [-0.3, -0.25) is 4.79 Å². The van der Waals surface area contributed by atoms with Gasteiger partial charge in [-0.15, -0.1) is 0 Å². The standard InChI is InChI=1S/C29H27I2N3O6/c1-4-37-27(35)17-39-28-24(30)13-20(14-25(28)31)15-32-33-29(36)26-12-11-23(40-26)16-38-22-9-7-21(8-10-22)34-18(2)5-6-19(34)3/h5-15H,4,16-17H2,1-3H3,(H,33,36)/b32-15+. The van der Waals surface area contributed by atoms with Gasteiger partial charge in [0.05, 0.1) is 20.0 Å². The van der Waals surface area contributed by atoms with Gasteiger partial charge in [0.15, 0.2) is 12.4 Å². The number of aryl methyl sites for hydroxylation is 2. The first-order valence-electron chi connectivity index (χ1n) is 12.3. The van der Waals surface area contributed by atoms with E-state index < -0.39 is 11.9 Å². The first-order chi connectivity index (χ1) is 19.2. The average molecular weight is 767 g/mol. The lowest BCUT2D eigenvalue weighted by Crippen LogP contribution is -2.17.